The van der Waals surface area contributed by atoms with E-state index in [4.69, 9.17) is 9.47 Å². The number of unbranched alkanes of at least 4 members (excludes halogenated alkanes) is 3. The molecule has 0 bridgehead atoms. The fraction of sp³-hybridized carbons (Fsp3) is 0.913. The molecule has 6 atom stereocenters. The smallest absolute Gasteiger partial charge is 0.100 e. The van der Waals surface area contributed by atoms with Crippen LogP contribution in [0, 0.1) is 5.92 Å². The predicted molar refractivity (Wildman–Crippen MR) is 120 cm³/mol. The first-order valence-corrected chi connectivity index (χ1v) is 12.5. The van der Waals surface area contributed by atoms with E-state index in [1.54, 1.807) is 18.9 Å². The van der Waals surface area contributed by atoms with Crippen LogP contribution in [-0.4, -0.2) is 60.2 Å². The first-order valence-electron chi connectivity index (χ1n) is 11.1. The van der Waals surface area contributed by atoms with Gasteiger partial charge in [-0.1, -0.05) is 37.8 Å². The van der Waals surface area contributed by atoms with Gasteiger partial charge in [-0.2, -0.15) is 11.8 Å². The van der Waals surface area contributed by atoms with Crippen molar-refractivity contribution in [2.24, 2.45) is 5.92 Å². The summed E-state index contributed by atoms with van der Waals surface area (Å²) in [6.45, 7) is 9.70. The van der Waals surface area contributed by atoms with E-state index in [9.17, 15) is 5.11 Å². The van der Waals surface area contributed by atoms with Gasteiger partial charge in [-0.05, 0) is 59.3 Å². The monoisotopic (exact) mass is 413 g/mol. The molecule has 4 nitrogen and oxygen atoms in total. The molecule has 2 aliphatic rings. The fourth-order valence-corrected chi connectivity index (χ4v) is 5.89. The van der Waals surface area contributed by atoms with E-state index in [0.29, 0.717) is 0 Å². The van der Waals surface area contributed by atoms with Gasteiger partial charge in [0.15, 0.2) is 0 Å². The van der Waals surface area contributed by atoms with Crippen LogP contribution in [0.1, 0.15) is 72.6 Å². The number of aliphatic hydroxyl groups is 1. The van der Waals surface area contributed by atoms with Crippen LogP contribution in [0.5, 0.6) is 0 Å². The Hall–Kier alpha value is -0.0700. The van der Waals surface area contributed by atoms with E-state index in [1.807, 2.05) is 0 Å². The molecule has 0 aromatic rings. The fourth-order valence-electron chi connectivity index (χ4n) is 5.06. The van der Waals surface area contributed by atoms with Crippen molar-refractivity contribution in [3.63, 3.8) is 0 Å². The minimum atomic E-state index is -0.741. The van der Waals surface area contributed by atoms with Crippen LogP contribution in [0.15, 0.2) is 11.6 Å². The minimum absolute atomic E-state index is 0.0186. The molecule has 1 aliphatic heterocycles. The summed E-state index contributed by atoms with van der Waals surface area (Å²) < 4.78 is 12.3. The second-order valence-corrected chi connectivity index (χ2v) is 10.0. The first kappa shape index (κ1) is 24.2. The number of ether oxygens (including phenoxy) is 2. The normalized spacial score (nSPS) is 37.7. The summed E-state index contributed by atoms with van der Waals surface area (Å²) in [4.78, 5) is 0. The Balaban J connectivity index is 2.12. The summed E-state index contributed by atoms with van der Waals surface area (Å²) in [6, 6.07) is 0.281. The molecule has 0 aromatic carbocycles. The summed E-state index contributed by atoms with van der Waals surface area (Å²) >= 11 is 1.72. The quantitative estimate of drug-likeness (QED) is 0.279. The van der Waals surface area contributed by atoms with Crippen molar-refractivity contribution in [1.29, 1.82) is 0 Å². The summed E-state index contributed by atoms with van der Waals surface area (Å²) in [6.07, 6.45) is 12.2. The first-order chi connectivity index (χ1) is 13.3. The third kappa shape index (κ3) is 5.75. The number of epoxide rings is 1. The molecule has 2 N–H and O–H groups in total. The van der Waals surface area contributed by atoms with Gasteiger partial charge in [0.25, 0.3) is 0 Å². The zero-order valence-corrected chi connectivity index (χ0v) is 19.7. The molecule has 5 unspecified atom stereocenters. The molecule has 1 saturated heterocycles. The zero-order valence-electron chi connectivity index (χ0n) is 18.9. The maximum absolute atomic E-state index is 11.6. The number of methoxy groups -OCH3 is 1. The Kier molecular flexibility index (Phi) is 9.34. The number of hydrogen-bond donors (Lipinski definition) is 2. The van der Waals surface area contributed by atoms with Gasteiger partial charge in [0.05, 0.1) is 17.8 Å². The summed E-state index contributed by atoms with van der Waals surface area (Å²) in [7, 11) is 1.80. The van der Waals surface area contributed by atoms with Crippen molar-refractivity contribution in [2.45, 2.75) is 102 Å². The lowest BCUT2D eigenvalue weighted by Crippen LogP contribution is -2.63. The van der Waals surface area contributed by atoms with Crippen LogP contribution in [0.2, 0.25) is 0 Å². The third-order valence-corrected chi connectivity index (χ3v) is 7.42. The van der Waals surface area contributed by atoms with Gasteiger partial charge in [0, 0.05) is 24.8 Å². The second-order valence-electron chi connectivity index (χ2n) is 9.18. The van der Waals surface area contributed by atoms with E-state index < -0.39 is 5.60 Å². The molecular weight excluding hydrogens is 370 g/mol. The van der Waals surface area contributed by atoms with Crippen LogP contribution in [-0.2, 0) is 9.47 Å². The van der Waals surface area contributed by atoms with Crippen LogP contribution in [0.4, 0.5) is 0 Å². The minimum Gasteiger partial charge on any atom is -0.389 e. The van der Waals surface area contributed by atoms with Gasteiger partial charge in [-0.15, -0.1) is 0 Å². The molecule has 0 amide bonds. The van der Waals surface area contributed by atoms with Crippen LogP contribution < -0.4 is 5.32 Å². The van der Waals surface area contributed by atoms with Gasteiger partial charge in [-0.25, -0.2) is 0 Å². The molecule has 164 valence electrons. The molecule has 1 aliphatic carbocycles. The highest BCUT2D eigenvalue weighted by Gasteiger charge is 2.66. The molecule has 0 radical (unpaired) electrons. The highest BCUT2D eigenvalue weighted by molar-refractivity contribution is 7.98. The van der Waals surface area contributed by atoms with Gasteiger partial charge < -0.3 is 19.9 Å². The molecule has 2 rings (SSSR count). The maximum Gasteiger partial charge on any atom is 0.100 e. The van der Waals surface area contributed by atoms with E-state index in [1.165, 1.54) is 31.3 Å². The molecule has 0 spiro atoms. The lowest BCUT2D eigenvalue weighted by atomic mass is 9.65. The predicted octanol–water partition coefficient (Wildman–Crippen LogP) is 4.56. The lowest BCUT2D eigenvalue weighted by molar-refractivity contribution is -0.138. The molecular formula is C23H43NO3S. The standard InChI is InChI=1S/C23H43NO3S/c1-7-8-9-10-15-24-18-13-14-23(25,16-28-6)21(20(18)26-5)22(4)19(27-22)12-11-17(2)3/h11,18-21,24-25H,7-10,12-16H2,1-6H3/t18-,19?,20?,21?,22?,23?/m0/s1. The van der Waals surface area contributed by atoms with Crippen LogP contribution >= 0.6 is 11.8 Å². The van der Waals surface area contributed by atoms with E-state index in [0.717, 1.165) is 31.6 Å². The van der Waals surface area contributed by atoms with Crippen LogP contribution in [0.3, 0.4) is 0 Å². The maximum atomic E-state index is 11.6. The van der Waals surface area contributed by atoms with Crippen molar-refractivity contribution in [1.82, 2.24) is 5.32 Å². The number of rotatable bonds is 12. The number of thioether (sulfide) groups is 1. The highest BCUT2D eigenvalue weighted by atomic mass is 32.2. The number of allylic oxidation sites excluding steroid dienone is 1. The number of nitrogens with one attached hydrogen (secondary N) is 1. The molecule has 1 saturated carbocycles. The van der Waals surface area contributed by atoms with E-state index in [-0.39, 0.29) is 29.8 Å². The van der Waals surface area contributed by atoms with Crippen molar-refractivity contribution in [3.8, 4) is 0 Å². The molecule has 0 aromatic heterocycles. The van der Waals surface area contributed by atoms with Gasteiger partial charge in [0.1, 0.15) is 5.60 Å². The molecule has 28 heavy (non-hydrogen) atoms. The van der Waals surface area contributed by atoms with Crippen molar-refractivity contribution >= 4 is 11.8 Å². The average molecular weight is 414 g/mol. The van der Waals surface area contributed by atoms with Crippen molar-refractivity contribution < 1.29 is 14.6 Å². The Morgan fingerprint density at radius 2 is 2.07 bits per heavy atom. The highest BCUT2D eigenvalue weighted by Crippen LogP contribution is 2.54. The average Bonchev–Trinajstić information content (AvgIpc) is 3.31. The molecule has 1 heterocycles. The van der Waals surface area contributed by atoms with Gasteiger partial charge in [0.2, 0.25) is 0 Å². The van der Waals surface area contributed by atoms with Gasteiger partial charge >= 0.3 is 0 Å². The summed E-state index contributed by atoms with van der Waals surface area (Å²) in [5.41, 5.74) is 0.255. The largest absolute Gasteiger partial charge is 0.389 e. The topological polar surface area (TPSA) is 54.0 Å². The van der Waals surface area contributed by atoms with Crippen molar-refractivity contribution in [3.05, 3.63) is 11.6 Å². The van der Waals surface area contributed by atoms with Gasteiger partial charge in [-0.3, -0.25) is 0 Å². The zero-order chi connectivity index (χ0) is 20.8. The third-order valence-electron chi connectivity index (χ3n) is 6.63. The van der Waals surface area contributed by atoms with E-state index in [2.05, 4.69) is 45.3 Å². The lowest BCUT2D eigenvalue weighted by Gasteiger charge is -2.49. The Bertz CT molecular complexity index is 510. The Morgan fingerprint density at radius 3 is 2.68 bits per heavy atom. The molecule has 2 fully saturated rings. The molecule has 5 heteroatoms. The Morgan fingerprint density at radius 1 is 1.32 bits per heavy atom. The SMILES string of the molecule is CCCCCCN[C@H]1CCC(O)(CSC)C(C2(C)OC2CC=C(C)C)C1OC. The summed E-state index contributed by atoms with van der Waals surface area (Å²) in [5, 5.41) is 15.4. The second kappa shape index (κ2) is 10.8. The summed E-state index contributed by atoms with van der Waals surface area (Å²) in [5.74, 6) is 0.713. The van der Waals surface area contributed by atoms with E-state index >= 15 is 0 Å². The van der Waals surface area contributed by atoms with Crippen LogP contribution in [0.25, 0.3) is 0 Å². The Labute approximate surface area is 177 Å². The van der Waals surface area contributed by atoms with Crippen molar-refractivity contribution in [2.75, 3.05) is 25.7 Å². The number of hydrogen-bond acceptors (Lipinski definition) is 5.